The predicted octanol–water partition coefficient (Wildman–Crippen LogP) is 8.28. The molecule has 1 aliphatic rings. The number of hydrogen-bond donors (Lipinski definition) is 0. The Morgan fingerprint density at radius 2 is 0.477 bits per heavy atom. The molecular formula is C58H47N3Si4. The first kappa shape index (κ1) is 40.6. The molecule has 1 aliphatic heterocycles. The van der Waals surface area contributed by atoms with Gasteiger partial charge in [0.15, 0.2) is 17.5 Å². The highest BCUT2D eigenvalue weighted by Crippen LogP contribution is 2.50. The van der Waals surface area contributed by atoms with Crippen LogP contribution in [-0.4, -0.2) is 43.4 Å². The van der Waals surface area contributed by atoms with E-state index in [-0.39, 0.29) is 0 Å². The van der Waals surface area contributed by atoms with Crippen molar-refractivity contribution in [3.8, 4) is 34.2 Å². The van der Waals surface area contributed by atoms with Gasteiger partial charge < -0.3 is 0 Å². The molecular weight excluding hydrogens is 851 g/mol. The quantitative estimate of drug-likeness (QED) is 0.130. The van der Waals surface area contributed by atoms with Gasteiger partial charge in [-0.1, -0.05) is 310 Å². The second-order valence-electron chi connectivity index (χ2n) is 17.2. The molecule has 7 heteroatoms. The molecule has 310 valence electrons. The molecule has 10 aromatic rings. The summed E-state index contributed by atoms with van der Waals surface area (Å²) < 4.78 is 0. The van der Waals surface area contributed by atoms with Crippen LogP contribution in [0.5, 0.6) is 0 Å². The molecule has 0 aliphatic carbocycles. The Bertz CT molecular complexity index is 2970. The van der Waals surface area contributed by atoms with Gasteiger partial charge in [0.1, 0.15) is 21.3 Å². The van der Waals surface area contributed by atoms with Crippen LogP contribution in [0.4, 0.5) is 0 Å². The molecule has 9 aromatic carbocycles. The Labute approximate surface area is 385 Å². The van der Waals surface area contributed by atoms with Gasteiger partial charge in [0.25, 0.3) is 0 Å². The van der Waals surface area contributed by atoms with Gasteiger partial charge in [-0.05, 0) is 0 Å². The molecule has 0 unspecified atom stereocenters. The first-order chi connectivity index (χ1) is 32.1. The maximum Gasteiger partial charge on any atom is 0.164 e. The summed E-state index contributed by atoms with van der Waals surface area (Å²) in [5.74, 6) is 2.01. The third-order valence-corrected chi connectivity index (χ3v) is 94.3. The van der Waals surface area contributed by atoms with Gasteiger partial charge in [-0.3, -0.25) is 0 Å². The van der Waals surface area contributed by atoms with Crippen LogP contribution in [0.2, 0.25) is 6.55 Å². The van der Waals surface area contributed by atoms with E-state index in [1.54, 1.807) is 5.19 Å². The molecule has 0 spiro atoms. The number of aromatic nitrogens is 3. The van der Waals surface area contributed by atoms with Crippen LogP contribution in [-0.2, 0) is 0 Å². The van der Waals surface area contributed by atoms with Crippen molar-refractivity contribution in [3.63, 3.8) is 0 Å². The monoisotopic (exact) mass is 897 g/mol. The molecule has 1 saturated heterocycles. The molecule has 1 fully saturated rings. The van der Waals surface area contributed by atoms with E-state index in [0.717, 1.165) is 16.7 Å². The Kier molecular flexibility index (Phi) is 10.5. The van der Waals surface area contributed by atoms with Crippen LogP contribution < -0.4 is 36.3 Å². The number of nitrogens with zero attached hydrogens (tertiary/aromatic N) is 3. The molecule has 0 N–H and O–H groups in total. The molecule has 0 amide bonds. The average molecular weight is 898 g/mol. The summed E-state index contributed by atoms with van der Waals surface area (Å²) in [6.07, 6.45) is 0. The van der Waals surface area contributed by atoms with E-state index in [2.05, 4.69) is 261 Å². The van der Waals surface area contributed by atoms with Crippen LogP contribution >= 0.6 is 0 Å². The van der Waals surface area contributed by atoms with E-state index in [1.807, 2.05) is 12.1 Å². The number of benzene rings is 9. The second kappa shape index (κ2) is 16.8. The van der Waals surface area contributed by atoms with Crippen LogP contribution in [0.1, 0.15) is 0 Å². The Morgan fingerprint density at radius 1 is 0.231 bits per heavy atom. The van der Waals surface area contributed by atoms with E-state index >= 15 is 0 Å². The van der Waals surface area contributed by atoms with Gasteiger partial charge in [0, 0.05) is 16.7 Å². The van der Waals surface area contributed by atoms with Gasteiger partial charge in [0.2, 0.25) is 0 Å². The summed E-state index contributed by atoms with van der Waals surface area (Å²) in [5.41, 5.74) is 2.93. The normalized spacial score (nSPS) is 18.3. The summed E-state index contributed by atoms with van der Waals surface area (Å²) in [7, 11) is -12.0. The van der Waals surface area contributed by atoms with Gasteiger partial charge in [0.05, 0.1) is 7.11 Å². The lowest BCUT2D eigenvalue weighted by Gasteiger charge is -2.78. The summed E-state index contributed by atoms with van der Waals surface area (Å²) in [6.45, 7) is 2.84. The zero-order valence-electron chi connectivity index (χ0n) is 36.2. The Morgan fingerprint density at radius 3 is 0.815 bits per heavy atom. The lowest BCUT2D eigenvalue weighted by atomic mass is 10.1. The van der Waals surface area contributed by atoms with Crippen LogP contribution in [0.15, 0.2) is 267 Å². The SMILES string of the molecule is C[Si]1(c2ccccc2)[Si](c2ccccc2)(c2ccccc2)[Si](c2ccccc2)(c2cccc(-c3nc(-c4ccccc4)nc(-c4ccccc4)n3)c2)[Si]1(c1ccccc1)c1ccccc1. The number of rotatable bonds is 10. The minimum atomic E-state index is -3.19. The molecule has 0 saturated carbocycles. The average Bonchev–Trinajstić information content (AvgIpc) is 3.40. The van der Waals surface area contributed by atoms with Crippen LogP contribution in [0.3, 0.4) is 0 Å². The minimum Gasteiger partial charge on any atom is -0.208 e. The third-order valence-electron chi connectivity index (χ3n) is 14.3. The highest BCUT2D eigenvalue weighted by Gasteiger charge is 2.92. The molecule has 0 bridgehead atoms. The van der Waals surface area contributed by atoms with Crippen molar-refractivity contribution in [2.24, 2.45) is 0 Å². The fraction of sp³-hybridized carbons (Fsp3) is 0.0172. The smallest absolute Gasteiger partial charge is 0.164 e. The maximum absolute atomic E-state index is 5.35. The zero-order valence-corrected chi connectivity index (χ0v) is 40.2. The summed E-state index contributed by atoms with van der Waals surface area (Å²) in [6, 6.07) is 101. The van der Waals surface area contributed by atoms with E-state index in [4.69, 9.17) is 15.0 Å². The van der Waals surface area contributed by atoms with Crippen molar-refractivity contribution < 1.29 is 0 Å². The molecule has 0 radical (unpaired) electrons. The molecule has 3 nitrogen and oxygen atoms in total. The van der Waals surface area contributed by atoms with Crippen molar-refractivity contribution in [1.29, 1.82) is 0 Å². The zero-order chi connectivity index (χ0) is 43.7. The summed E-state index contributed by atoms with van der Waals surface area (Å²) in [4.78, 5) is 15.8. The van der Waals surface area contributed by atoms with E-state index in [0.29, 0.717) is 17.5 Å². The third kappa shape index (κ3) is 6.00. The highest BCUT2D eigenvalue weighted by molar-refractivity contribution is 8.25. The van der Waals surface area contributed by atoms with Crippen molar-refractivity contribution in [2.75, 3.05) is 0 Å². The topological polar surface area (TPSA) is 38.7 Å². The molecule has 65 heavy (non-hydrogen) atoms. The molecule has 2 heterocycles. The molecule has 11 rings (SSSR count). The van der Waals surface area contributed by atoms with Crippen LogP contribution in [0.25, 0.3) is 34.2 Å². The van der Waals surface area contributed by atoms with Gasteiger partial charge in [-0.15, -0.1) is 0 Å². The van der Waals surface area contributed by atoms with E-state index in [1.165, 1.54) is 31.1 Å². The first-order valence-corrected chi connectivity index (χ1v) is 34.9. The lowest BCUT2D eigenvalue weighted by Crippen LogP contribution is -3.23. The molecule has 0 atom stereocenters. The van der Waals surface area contributed by atoms with Crippen molar-refractivity contribution in [3.05, 3.63) is 267 Å². The summed E-state index contributed by atoms with van der Waals surface area (Å²) in [5, 5.41) is 10.6. The Hall–Kier alpha value is -7.14. The molecule has 1 aromatic heterocycles. The fourth-order valence-corrected chi connectivity index (χ4v) is 136. The summed E-state index contributed by atoms with van der Waals surface area (Å²) >= 11 is 0. The van der Waals surface area contributed by atoms with Gasteiger partial charge >= 0.3 is 0 Å². The Balaban J connectivity index is 1.35. The minimum absolute atomic E-state index is 0.664. The standard InChI is InChI=1S/C58H47N3Si4/c1-62(49-32-14-4-15-33-49)63(50-34-16-5-17-35-50,51-36-18-6-19-37-51)65(54-42-24-9-25-43-54,64(62,52-38-20-7-21-39-52)53-40-22-8-23-41-53)55-44-26-31-48(45-55)58-60-56(46-27-10-2-11-28-46)59-57(61-58)47-29-12-3-13-30-47/h2-45H,1H3. The van der Waals surface area contributed by atoms with Gasteiger partial charge in [-0.25, -0.2) is 15.0 Å². The van der Waals surface area contributed by atoms with Crippen molar-refractivity contribution in [2.45, 2.75) is 6.55 Å². The van der Waals surface area contributed by atoms with Crippen LogP contribution in [0, 0.1) is 0 Å². The second-order valence-corrected chi connectivity index (χ2v) is 53.5. The predicted molar refractivity (Wildman–Crippen MR) is 281 cm³/mol. The first-order valence-electron chi connectivity index (χ1n) is 22.4. The lowest BCUT2D eigenvalue weighted by molar-refractivity contribution is 1.07. The van der Waals surface area contributed by atoms with E-state index in [9.17, 15) is 0 Å². The van der Waals surface area contributed by atoms with Gasteiger partial charge in [-0.2, -0.15) is 0 Å². The number of hydrogen-bond acceptors (Lipinski definition) is 3. The maximum atomic E-state index is 5.35. The largest absolute Gasteiger partial charge is 0.208 e. The van der Waals surface area contributed by atoms with Crippen molar-refractivity contribution in [1.82, 2.24) is 15.0 Å². The highest BCUT2D eigenvalue weighted by atomic mass is 30.2. The van der Waals surface area contributed by atoms with Crippen molar-refractivity contribution >= 4 is 64.7 Å². The van der Waals surface area contributed by atoms with E-state index < -0.39 is 28.4 Å². The fourth-order valence-electron chi connectivity index (χ4n) is 12.1.